The van der Waals surface area contributed by atoms with Crippen molar-refractivity contribution in [2.45, 2.75) is 12.8 Å². The van der Waals surface area contributed by atoms with Crippen LogP contribution in [-0.4, -0.2) is 0 Å². The standard InChI is InChI=1S/C30H22/c1-20-11-13-21(14-12-20)24-16-18-26-28(19-24)27-17-15-22-7-5-6-10-25(22)30(27)29(26)23-8-3-2-4-9-23/h2-19,29H,1H3/t29-/m0/s1. The Morgan fingerprint density at radius 3 is 2.13 bits per heavy atom. The summed E-state index contributed by atoms with van der Waals surface area (Å²) >= 11 is 0. The Hall–Kier alpha value is -3.64. The van der Waals surface area contributed by atoms with Crippen LogP contribution >= 0.6 is 0 Å². The van der Waals surface area contributed by atoms with Crippen LogP contribution in [0.3, 0.4) is 0 Å². The van der Waals surface area contributed by atoms with Crippen LogP contribution < -0.4 is 0 Å². The summed E-state index contributed by atoms with van der Waals surface area (Å²) < 4.78 is 0. The Kier molecular flexibility index (Phi) is 3.86. The highest BCUT2D eigenvalue weighted by atomic mass is 14.3. The first-order valence-electron chi connectivity index (χ1n) is 10.6. The molecule has 0 aliphatic heterocycles. The van der Waals surface area contributed by atoms with Crippen LogP contribution in [0.25, 0.3) is 33.0 Å². The van der Waals surface area contributed by atoms with E-state index in [1.807, 2.05) is 0 Å². The molecule has 0 heteroatoms. The molecule has 0 spiro atoms. The monoisotopic (exact) mass is 382 g/mol. The summed E-state index contributed by atoms with van der Waals surface area (Å²) in [6.45, 7) is 2.14. The molecule has 0 fully saturated rings. The van der Waals surface area contributed by atoms with E-state index < -0.39 is 0 Å². The number of hydrogen-bond acceptors (Lipinski definition) is 0. The van der Waals surface area contributed by atoms with Gasteiger partial charge in [0.05, 0.1) is 0 Å². The molecule has 5 aromatic carbocycles. The van der Waals surface area contributed by atoms with Crippen molar-refractivity contribution in [3.63, 3.8) is 0 Å². The van der Waals surface area contributed by atoms with E-state index >= 15 is 0 Å². The zero-order chi connectivity index (χ0) is 20.1. The predicted molar refractivity (Wildman–Crippen MR) is 127 cm³/mol. The Bertz CT molecular complexity index is 1380. The van der Waals surface area contributed by atoms with E-state index in [0.717, 1.165) is 0 Å². The predicted octanol–water partition coefficient (Wildman–Crippen LogP) is 7.98. The lowest BCUT2D eigenvalue weighted by atomic mass is 9.86. The molecule has 0 nitrogen and oxygen atoms in total. The van der Waals surface area contributed by atoms with Crippen LogP contribution in [0.1, 0.15) is 28.2 Å². The third-order valence-electron chi connectivity index (χ3n) is 6.43. The number of aryl methyl sites for hydroxylation is 1. The van der Waals surface area contributed by atoms with Gasteiger partial charge in [-0.1, -0.05) is 109 Å². The van der Waals surface area contributed by atoms with E-state index in [4.69, 9.17) is 0 Å². The quantitative estimate of drug-likeness (QED) is 0.285. The molecule has 0 N–H and O–H groups in total. The maximum absolute atomic E-state index is 2.39. The second-order valence-electron chi connectivity index (χ2n) is 8.26. The van der Waals surface area contributed by atoms with E-state index in [0.29, 0.717) is 0 Å². The summed E-state index contributed by atoms with van der Waals surface area (Å²) in [5.74, 6) is 0.273. The molecule has 0 unspecified atom stereocenters. The number of benzene rings is 5. The van der Waals surface area contributed by atoms with Crippen LogP contribution in [0.15, 0.2) is 109 Å². The van der Waals surface area contributed by atoms with Crippen molar-refractivity contribution >= 4 is 10.8 Å². The molecule has 5 aromatic rings. The second kappa shape index (κ2) is 6.71. The van der Waals surface area contributed by atoms with E-state index in [2.05, 4.69) is 116 Å². The van der Waals surface area contributed by atoms with Crippen LogP contribution in [0.5, 0.6) is 0 Å². The molecular formula is C30H22. The average molecular weight is 383 g/mol. The van der Waals surface area contributed by atoms with Crippen LogP contribution in [0.2, 0.25) is 0 Å². The van der Waals surface area contributed by atoms with Crippen molar-refractivity contribution in [3.8, 4) is 22.3 Å². The van der Waals surface area contributed by atoms with Gasteiger partial charge >= 0.3 is 0 Å². The first-order valence-corrected chi connectivity index (χ1v) is 10.6. The molecule has 0 radical (unpaired) electrons. The second-order valence-corrected chi connectivity index (χ2v) is 8.26. The normalized spacial score (nSPS) is 14.5. The van der Waals surface area contributed by atoms with E-state index in [9.17, 15) is 0 Å². The maximum atomic E-state index is 2.39. The molecule has 0 heterocycles. The third kappa shape index (κ3) is 2.61. The van der Waals surface area contributed by atoms with Gasteiger partial charge in [0.15, 0.2) is 0 Å². The fourth-order valence-corrected chi connectivity index (χ4v) is 4.96. The third-order valence-corrected chi connectivity index (χ3v) is 6.43. The van der Waals surface area contributed by atoms with Crippen molar-refractivity contribution in [3.05, 3.63) is 131 Å². The SMILES string of the molecule is Cc1ccc(-c2ccc3c(c2)-c2ccc4ccccc4c2[C@H]3c2ccccc2)cc1. The number of hydrogen-bond donors (Lipinski definition) is 0. The first kappa shape index (κ1) is 17.2. The summed E-state index contributed by atoms with van der Waals surface area (Å²) in [6.07, 6.45) is 0. The minimum Gasteiger partial charge on any atom is -0.0622 e. The van der Waals surface area contributed by atoms with Crippen LogP contribution in [0.4, 0.5) is 0 Å². The van der Waals surface area contributed by atoms with Gasteiger partial charge in [-0.15, -0.1) is 0 Å². The summed E-state index contributed by atoms with van der Waals surface area (Å²) in [5, 5.41) is 2.67. The van der Waals surface area contributed by atoms with E-state index in [-0.39, 0.29) is 5.92 Å². The number of fused-ring (bicyclic) bond motifs is 5. The lowest BCUT2D eigenvalue weighted by molar-refractivity contribution is 1.03. The molecule has 1 atom stereocenters. The van der Waals surface area contributed by atoms with E-state index in [1.54, 1.807) is 0 Å². The Morgan fingerprint density at radius 2 is 1.30 bits per heavy atom. The Morgan fingerprint density at radius 1 is 0.567 bits per heavy atom. The topological polar surface area (TPSA) is 0 Å². The summed E-state index contributed by atoms with van der Waals surface area (Å²) in [4.78, 5) is 0. The average Bonchev–Trinajstić information content (AvgIpc) is 3.14. The summed E-state index contributed by atoms with van der Waals surface area (Å²) in [6, 6.07) is 40.1. The molecule has 0 aromatic heterocycles. The minimum atomic E-state index is 0.273. The maximum Gasteiger partial charge on any atom is 0.0358 e. The van der Waals surface area contributed by atoms with Gasteiger partial charge < -0.3 is 0 Å². The van der Waals surface area contributed by atoms with Crippen LogP contribution in [0, 0.1) is 6.92 Å². The fourth-order valence-electron chi connectivity index (χ4n) is 4.96. The minimum absolute atomic E-state index is 0.273. The highest BCUT2D eigenvalue weighted by Crippen LogP contribution is 2.51. The zero-order valence-corrected chi connectivity index (χ0v) is 17.0. The highest BCUT2D eigenvalue weighted by Gasteiger charge is 2.31. The molecule has 1 aliphatic carbocycles. The largest absolute Gasteiger partial charge is 0.0622 e. The fraction of sp³-hybridized carbons (Fsp3) is 0.0667. The molecule has 6 rings (SSSR count). The van der Waals surface area contributed by atoms with Crippen molar-refractivity contribution in [1.29, 1.82) is 0 Å². The lowest BCUT2D eigenvalue weighted by Gasteiger charge is -2.16. The van der Waals surface area contributed by atoms with Gasteiger partial charge in [0, 0.05) is 5.92 Å². The molecule has 142 valence electrons. The van der Waals surface area contributed by atoms with Crippen molar-refractivity contribution in [2.24, 2.45) is 0 Å². The van der Waals surface area contributed by atoms with Gasteiger partial charge in [-0.25, -0.2) is 0 Å². The molecule has 30 heavy (non-hydrogen) atoms. The number of rotatable bonds is 2. The van der Waals surface area contributed by atoms with E-state index in [1.165, 1.54) is 55.3 Å². The van der Waals surface area contributed by atoms with Gasteiger partial charge in [-0.2, -0.15) is 0 Å². The summed E-state index contributed by atoms with van der Waals surface area (Å²) in [5.41, 5.74) is 10.8. The van der Waals surface area contributed by atoms with Gasteiger partial charge in [0.2, 0.25) is 0 Å². The molecule has 0 saturated heterocycles. The van der Waals surface area contributed by atoms with Crippen molar-refractivity contribution in [2.75, 3.05) is 0 Å². The van der Waals surface area contributed by atoms with Crippen molar-refractivity contribution < 1.29 is 0 Å². The van der Waals surface area contributed by atoms with Gasteiger partial charge in [0.25, 0.3) is 0 Å². The first-order chi connectivity index (χ1) is 14.8. The lowest BCUT2D eigenvalue weighted by Crippen LogP contribution is -1.99. The van der Waals surface area contributed by atoms with Gasteiger partial charge in [-0.3, -0.25) is 0 Å². The van der Waals surface area contributed by atoms with Crippen molar-refractivity contribution in [1.82, 2.24) is 0 Å². The summed E-state index contributed by atoms with van der Waals surface area (Å²) in [7, 11) is 0. The Balaban J connectivity index is 1.63. The molecular weight excluding hydrogens is 360 g/mol. The van der Waals surface area contributed by atoms with Gasteiger partial charge in [0.1, 0.15) is 0 Å². The molecule has 0 saturated carbocycles. The molecule has 0 bridgehead atoms. The highest BCUT2D eigenvalue weighted by molar-refractivity contribution is 5.98. The zero-order valence-electron chi connectivity index (χ0n) is 17.0. The molecule has 1 aliphatic rings. The van der Waals surface area contributed by atoms with Gasteiger partial charge in [-0.05, 0) is 62.7 Å². The molecule has 0 amide bonds. The smallest absolute Gasteiger partial charge is 0.0358 e. The van der Waals surface area contributed by atoms with Crippen LogP contribution in [-0.2, 0) is 0 Å². The Labute approximate surface area is 177 Å².